The van der Waals surface area contributed by atoms with E-state index in [1.54, 1.807) is 19.2 Å². The van der Waals surface area contributed by atoms with E-state index in [1.807, 2.05) is 0 Å². The smallest absolute Gasteiger partial charge is 0.241 e. The lowest BCUT2D eigenvalue weighted by molar-refractivity contribution is 0.562. The Labute approximate surface area is 133 Å². The van der Waals surface area contributed by atoms with Crippen LogP contribution in [0.1, 0.15) is 12.0 Å². The maximum atomic E-state index is 12.3. The second-order valence-corrected chi connectivity index (χ2v) is 9.78. The molecule has 1 aliphatic rings. The fraction of sp³-hybridized carbons (Fsp3) is 0.500. The molecule has 21 heavy (non-hydrogen) atoms. The van der Waals surface area contributed by atoms with Crippen molar-refractivity contribution in [1.29, 1.82) is 0 Å². The van der Waals surface area contributed by atoms with Gasteiger partial charge in [-0.15, -0.1) is 0 Å². The SMILES string of the molecule is CNCc1ccc(S(=O)(=O)NC2CCS(=O)(=O)C2)c(Br)c1. The van der Waals surface area contributed by atoms with Crippen molar-refractivity contribution in [2.75, 3.05) is 18.6 Å². The van der Waals surface area contributed by atoms with E-state index in [2.05, 4.69) is 26.0 Å². The van der Waals surface area contributed by atoms with Crippen molar-refractivity contribution < 1.29 is 16.8 Å². The van der Waals surface area contributed by atoms with Crippen LogP contribution in [0.25, 0.3) is 0 Å². The number of hydrogen-bond donors (Lipinski definition) is 2. The number of halogens is 1. The molecule has 1 fully saturated rings. The predicted octanol–water partition coefficient (Wildman–Crippen LogP) is 0.634. The summed E-state index contributed by atoms with van der Waals surface area (Å²) < 4.78 is 50.4. The molecule has 0 radical (unpaired) electrons. The van der Waals surface area contributed by atoms with E-state index < -0.39 is 25.9 Å². The zero-order valence-electron chi connectivity index (χ0n) is 11.5. The molecule has 0 spiro atoms. The van der Waals surface area contributed by atoms with Gasteiger partial charge in [0.05, 0.1) is 16.4 Å². The third-order valence-electron chi connectivity index (χ3n) is 3.22. The Morgan fingerprint density at radius 2 is 2.10 bits per heavy atom. The van der Waals surface area contributed by atoms with Crippen molar-refractivity contribution in [2.45, 2.75) is 23.9 Å². The third kappa shape index (κ3) is 4.26. The van der Waals surface area contributed by atoms with Crippen LogP contribution < -0.4 is 10.0 Å². The van der Waals surface area contributed by atoms with Gasteiger partial charge < -0.3 is 5.32 Å². The van der Waals surface area contributed by atoms with Gasteiger partial charge in [-0.25, -0.2) is 21.6 Å². The van der Waals surface area contributed by atoms with Gasteiger partial charge >= 0.3 is 0 Å². The zero-order valence-corrected chi connectivity index (χ0v) is 14.7. The quantitative estimate of drug-likeness (QED) is 0.761. The van der Waals surface area contributed by atoms with Gasteiger partial charge in [-0.3, -0.25) is 0 Å². The average molecular weight is 397 g/mol. The molecule has 1 aliphatic heterocycles. The summed E-state index contributed by atoms with van der Waals surface area (Å²) in [5, 5.41) is 2.98. The first-order valence-corrected chi connectivity index (χ1v) is 10.5. The van der Waals surface area contributed by atoms with Crippen LogP contribution in [0.4, 0.5) is 0 Å². The highest BCUT2D eigenvalue weighted by Crippen LogP contribution is 2.24. The lowest BCUT2D eigenvalue weighted by atomic mass is 10.2. The van der Waals surface area contributed by atoms with Gasteiger partial charge in [-0.2, -0.15) is 0 Å². The van der Waals surface area contributed by atoms with Gasteiger partial charge in [0.1, 0.15) is 0 Å². The van der Waals surface area contributed by atoms with Gasteiger partial charge in [0, 0.05) is 17.1 Å². The van der Waals surface area contributed by atoms with Crippen molar-refractivity contribution in [3.63, 3.8) is 0 Å². The van der Waals surface area contributed by atoms with Crippen LogP contribution in [0, 0.1) is 0 Å². The molecule has 1 heterocycles. The van der Waals surface area contributed by atoms with E-state index >= 15 is 0 Å². The fourth-order valence-electron chi connectivity index (χ4n) is 2.25. The maximum absolute atomic E-state index is 12.3. The average Bonchev–Trinajstić information content (AvgIpc) is 2.68. The first-order valence-electron chi connectivity index (χ1n) is 6.39. The summed E-state index contributed by atoms with van der Waals surface area (Å²) in [6.07, 6.45) is 0.316. The Morgan fingerprint density at radius 1 is 1.38 bits per heavy atom. The Kier molecular flexibility index (Phi) is 5.09. The standard InChI is InChI=1S/C12H17BrN2O4S2/c1-14-7-9-2-3-12(11(13)6-9)21(18,19)15-10-4-5-20(16,17)8-10/h2-3,6,10,14-15H,4-5,7-8H2,1H3. The van der Waals surface area contributed by atoms with Crippen molar-refractivity contribution in [1.82, 2.24) is 10.0 Å². The molecule has 2 N–H and O–H groups in total. The molecule has 6 nitrogen and oxygen atoms in total. The summed E-state index contributed by atoms with van der Waals surface area (Å²) >= 11 is 3.26. The van der Waals surface area contributed by atoms with Gasteiger partial charge in [-0.05, 0) is 47.1 Å². The first-order chi connectivity index (χ1) is 9.73. The highest BCUT2D eigenvalue weighted by Gasteiger charge is 2.32. The monoisotopic (exact) mass is 396 g/mol. The largest absolute Gasteiger partial charge is 0.316 e. The van der Waals surface area contributed by atoms with Crippen molar-refractivity contribution >= 4 is 35.8 Å². The van der Waals surface area contributed by atoms with Crippen LogP contribution in [0.5, 0.6) is 0 Å². The zero-order chi connectivity index (χ0) is 15.7. The first kappa shape index (κ1) is 16.9. The fourth-order valence-corrected chi connectivity index (χ4v) is 6.42. The maximum Gasteiger partial charge on any atom is 0.241 e. The van der Waals surface area contributed by atoms with E-state index in [9.17, 15) is 16.8 Å². The topological polar surface area (TPSA) is 92.3 Å². The van der Waals surface area contributed by atoms with Gasteiger partial charge in [0.2, 0.25) is 10.0 Å². The van der Waals surface area contributed by atoms with E-state index in [0.29, 0.717) is 17.4 Å². The van der Waals surface area contributed by atoms with E-state index in [4.69, 9.17) is 0 Å². The molecule has 1 unspecified atom stereocenters. The molecular weight excluding hydrogens is 380 g/mol. The Balaban J connectivity index is 2.20. The predicted molar refractivity (Wildman–Crippen MR) is 84.3 cm³/mol. The molecule has 0 bridgehead atoms. The van der Waals surface area contributed by atoms with Gasteiger partial charge in [0.25, 0.3) is 0 Å². The van der Waals surface area contributed by atoms with Crippen molar-refractivity contribution in [2.24, 2.45) is 0 Å². The minimum atomic E-state index is -3.74. The Morgan fingerprint density at radius 3 is 2.62 bits per heavy atom. The lowest BCUT2D eigenvalue weighted by Crippen LogP contribution is -2.35. The van der Waals surface area contributed by atoms with Crippen molar-refractivity contribution in [3.05, 3.63) is 28.2 Å². The molecule has 0 saturated carbocycles. The highest BCUT2D eigenvalue weighted by molar-refractivity contribution is 9.10. The summed E-state index contributed by atoms with van der Waals surface area (Å²) in [7, 11) is -5.05. The highest BCUT2D eigenvalue weighted by atomic mass is 79.9. The summed E-state index contributed by atoms with van der Waals surface area (Å²) in [5.41, 5.74) is 0.951. The van der Waals surface area contributed by atoms with Gasteiger partial charge in [-0.1, -0.05) is 6.07 Å². The number of nitrogens with one attached hydrogen (secondary N) is 2. The molecule has 1 atom stereocenters. The number of benzene rings is 1. The molecule has 1 saturated heterocycles. The summed E-state index contributed by atoms with van der Waals surface area (Å²) in [4.78, 5) is 0.117. The molecule has 1 aromatic rings. The van der Waals surface area contributed by atoms with Gasteiger partial charge in [0.15, 0.2) is 9.84 Å². The number of rotatable bonds is 5. The van der Waals surface area contributed by atoms with Crippen LogP contribution in [0.2, 0.25) is 0 Å². The minimum absolute atomic E-state index is 0.0302. The molecule has 2 rings (SSSR count). The summed E-state index contributed by atoms with van der Waals surface area (Å²) in [6, 6.07) is 4.42. The number of hydrogen-bond acceptors (Lipinski definition) is 5. The minimum Gasteiger partial charge on any atom is -0.316 e. The Bertz CT molecular complexity index is 732. The normalized spacial score (nSPS) is 21.5. The van der Waals surface area contributed by atoms with Crippen LogP contribution in [-0.2, 0) is 26.4 Å². The van der Waals surface area contributed by atoms with E-state index in [-0.39, 0.29) is 16.4 Å². The van der Waals surface area contributed by atoms with E-state index in [1.165, 1.54) is 6.07 Å². The Hall–Kier alpha value is -0.480. The molecule has 0 amide bonds. The summed E-state index contributed by atoms with van der Waals surface area (Å²) in [6.45, 7) is 0.632. The van der Waals surface area contributed by atoms with Crippen LogP contribution in [0.15, 0.2) is 27.6 Å². The second kappa shape index (κ2) is 6.33. The number of sulfonamides is 1. The van der Waals surface area contributed by atoms with E-state index in [0.717, 1.165) is 5.56 Å². The molecule has 1 aromatic carbocycles. The second-order valence-electron chi connectivity index (χ2n) is 5.02. The molecular formula is C12H17BrN2O4S2. The molecule has 0 aliphatic carbocycles. The van der Waals surface area contributed by atoms with Crippen LogP contribution >= 0.6 is 15.9 Å². The molecule has 0 aromatic heterocycles. The molecule has 118 valence electrons. The van der Waals surface area contributed by atoms with Crippen LogP contribution in [0.3, 0.4) is 0 Å². The third-order valence-corrected chi connectivity index (χ3v) is 7.49. The van der Waals surface area contributed by atoms with Crippen molar-refractivity contribution in [3.8, 4) is 0 Å². The van der Waals surface area contributed by atoms with Crippen LogP contribution in [-0.4, -0.2) is 41.4 Å². The molecule has 9 heteroatoms. The summed E-state index contributed by atoms with van der Waals surface area (Å²) in [5.74, 6) is -0.107. The number of sulfone groups is 1. The lowest BCUT2D eigenvalue weighted by Gasteiger charge is -2.13.